The van der Waals surface area contributed by atoms with Crippen molar-refractivity contribution in [2.45, 2.75) is 19.8 Å². The Morgan fingerprint density at radius 1 is 0.472 bits per heavy atom. The maximum Gasteiger partial charge on any atom is 0.0565 e. The summed E-state index contributed by atoms with van der Waals surface area (Å²) in [6, 6.07) is 54.9. The number of rotatable bonds is 4. The second kappa shape index (κ2) is 11.5. The lowest BCUT2D eigenvalue weighted by Crippen LogP contribution is -1.98. The third kappa shape index (κ3) is 4.44. The van der Waals surface area contributed by atoms with E-state index in [-0.39, 0.29) is 0 Å². The molecule has 53 heavy (non-hydrogen) atoms. The fraction of sp³-hybridized carbons (Fsp3) is 0.0769. The minimum atomic E-state index is 1.07. The molecule has 1 aromatic heterocycles. The Morgan fingerprint density at radius 3 is 1.75 bits per heavy atom. The summed E-state index contributed by atoms with van der Waals surface area (Å²) in [7, 11) is 2.25. The molecule has 0 radical (unpaired) electrons. The van der Waals surface area contributed by atoms with Crippen LogP contribution in [-0.4, -0.2) is 4.57 Å². The van der Waals surface area contributed by atoms with E-state index in [1.54, 1.807) is 0 Å². The zero-order chi connectivity index (χ0) is 35.2. The highest BCUT2D eigenvalue weighted by Gasteiger charge is 2.23. The van der Waals surface area contributed by atoms with E-state index >= 15 is 0 Å². The molecule has 250 valence electrons. The minimum absolute atomic E-state index is 1.07. The first-order chi connectivity index (χ1) is 26.1. The van der Waals surface area contributed by atoms with Crippen LogP contribution in [0.2, 0.25) is 0 Å². The average Bonchev–Trinajstić information content (AvgIpc) is 3.50. The summed E-state index contributed by atoms with van der Waals surface area (Å²) >= 11 is 0. The van der Waals surface area contributed by atoms with Gasteiger partial charge in [0, 0.05) is 23.5 Å². The van der Waals surface area contributed by atoms with Crippen molar-refractivity contribution in [3.8, 4) is 33.4 Å². The van der Waals surface area contributed by atoms with Crippen molar-refractivity contribution in [1.29, 1.82) is 0 Å². The third-order valence-corrected chi connectivity index (χ3v) is 11.8. The van der Waals surface area contributed by atoms with Gasteiger partial charge in [0.15, 0.2) is 0 Å². The van der Waals surface area contributed by atoms with Crippen molar-refractivity contribution in [1.82, 2.24) is 4.57 Å². The second-order valence-electron chi connectivity index (χ2n) is 14.8. The van der Waals surface area contributed by atoms with Gasteiger partial charge < -0.3 is 4.57 Å². The third-order valence-electron chi connectivity index (χ3n) is 11.8. The quantitative estimate of drug-likeness (QED) is 0.129. The molecule has 0 fully saturated rings. The highest BCUT2D eigenvalue weighted by atomic mass is 15.0. The fourth-order valence-electron chi connectivity index (χ4n) is 9.41. The first-order valence-corrected chi connectivity index (χ1v) is 18.8. The first-order valence-electron chi connectivity index (χ1n) is 18.8. The van der Waals surface area contributed by atoms with Crippen LogP contribution >= 0.6 is 0 Å². The standard InChI is InChI=1S/C52H37N/c1-32-19-21-36(22-20-32)50-45-30-27-38(31-46(45)53(2)52(50)37-11-4-3-5-12-37)48-39-15-6-8-17-41(39)51(42-18-9-7-16-40(42)48)44-29-26-35-24-23-33-13-10-14-34-25-28-43(44)49(35)47(33)34/h4,6-31H,3,5H2,1-2H3. The Labute approximate surface area is 309 Å². The van der Waals surface area contributed by atoms with E-state index in [1.165, 1.54) is 115 Å². The van der Waals surface area contributed by atoms with Crippen LogP contribution in [0.25, 0.3) is 104 Å². The Bertz CT molecular complexity index is 3090. The van der Waals surface area contributed by atoms with E-state index in [0.29, 0.717) is 0 Å². The molecule has 0 saturated heterocycles. The van der Waals surface area contributed by atoms with Gasteiger partial charge in [0.1, 0.15) is 0 Å². The van der Waals surface area contributed by atoms with E-state index in [0.717, 1.165) is 12.8 Å². The van der Waals surface area contributed by atoms with Gasteiger partial charge in [-0.3, -0.25) is 0 Å². The van der Waals surface area contributed by atoms with Gasteiger partial charge >= 0.3 is 0 Å². The molecule has 0 atom stereocenters. The second-order valence-corrected chi connectivity index (χ2v) is 14.8. The lowest BCUT2D eigenvalue weighted by Gasteiger charge is -2.20. The molecule has 0 unspecified atom stereocenters. The number of benzene rings is 9. The summed E-state index contributed by atoms with van der Waals surface area (Å²) in [5, 5.41) is 14.3. The van der Waals surface area contributed by atoms with Crippen molar-refractivity contribution < 1.29 is 0 Å². The number of fused-ring (bicyclic) bond motifs is 3. The molecule has 0 saturated carbocycles. The molecule has 9 aromatic carbocycles. The van der Waals surface area contributed by atoms with Crippen molar-refractivity contribution in [3.63, 3.8) is 0 Å². The van der Waals surface area contributed by atoms with Gasteiger partial charge in [-0.2, -0.15) is 0 Å². The molecular formula is C52H37N. The number of aryl methyl sites for hydroxylation is 2. The lowest BCUT2D eigenvalue weighted by atomic mass is 9.83. The molecule has 1 aliphatic rings. The average molecular weight is 676 g/mol. The molecule has 1 nitrogen and oxygen atoms in total. The predicted molar refractivity (Wildman–Crippen MR) is 229 cm³/mol. The molecule has 1 aliphatic carbocycles. The number of allylic oxidation sites excluding steroid dienone is 4. The van der Waals surface area contributed by atoms with Crippen LogP contribution in [0.15, 0.2) is 164 Å². The van der Waals surface area contributed by atoms with Crippen LogP contribution in [0, 0.1) is 6.92 Å². The number of hydrogen-bond donors (Lipinski definition) is 0. The first kappa shape index (κ1) is 30.2. The molecule has 0 bridgehead atoms. The van der Waals surface area contributed by atoms with Gasteiger partial charge in [-0.05, 0) is 113 Å². The van der Waals surface area contributed by atoms with Crippen LogP contribution in [0.4, 0.5) is 0 Å². The largest absolute Gasteiger partial charge is 0.343 e. The van der Waals surface area contributed by atoms with Crippen molar-refractivity contribution in [2.75, 3.05) is 0 Å². The summed E-state index contributed by atoms with van der Waals surface area (Å²) in [5.41, 5.74) is 12.8. The Hall–Kier alpha value is -6.44. The molecule has 0 amide bonds. The summed E-state index contributed by atoms with van der Waals surface area (Å²) in [4.78, 5) is 0. The van der Waals surface area contributed by atoms with E-state index in [2.05, 4.69) is 182 Å². The Balaban J connectivity index is 1.20. The van der Waals surface area contributed by atoms with Crippen molar-refractivity contribution in [2.24, 2.45) is 7.05 Å². The molecule has 0 aliphatic heterocycles. The molecule has 0 N–H and O–H groups in total. The highest BCUT2D eigenvalue weighted by molar-refractivity contribution is 6.29. The lowest BCUT2D eigenvalue weighted by molar-refractivity contribution is 0.943. The van der Waals surface area contributed by atoms with Crippen LogP contribution in [-0.2, 0) is 7.05 Å². The summed E-state index contributed by atoms with van der Waals surface area (Å²) < 4.78 is 2.43. The molecular weight excluding hydrogens is 639 g/mol. The molecule has 11 rings (SSSR count). The van der Waals surface area contributed by atoms with E-state index in [1.807, 2.05) is 0 Å². The normalized spacial score (nSPS) is 13.4. The molecule has 0 spiro atoms. The van der Waals surface area contributed by atoms with Gasteiger partial charge in [-0.25, -0.2) is 0 Å². The Morgan fingerprint density at radius 2 is 1.08 bits per heavy atom. The SMILES string of the molecule is Cc1ccc(-c2c(C3=CCCC=C3)n(C)c3cc(-c4c5ccccc5c(-c5ccc6ccc7cccc8ccc5c6c78)c5ccccc45)ccc23)cc1. The highest BCUT2D eigenvalue weighted by Crippen LogP contribution is 2.48. The van der Waals surface area contributed by atoms with Gasteiger partial charge in [-0.1, -0.05) is 163 Å². The number of aromatic nitrogens is 1. The zero-order valence-corrected chi connectivity index (χ0v) is 29.9. The number of nitrogens with zero attached hydrogens (tertiary/aromatic N) is 1. The Kier molecular flexibility index (Phi) is 6.57. The maximum absolute atomic E-state index is 2.44. The fourth-order valence-corrected chi connectivity index (χ4v) is 9.41. The minimum Gasteiger partial charge on any atom is -0.343 e. The van der Waals surface area contributed by atoms with Crippen LogP contribution < -0.4 is 0 Å². The van der Waals surface area contributed by atoms with Crippen LogP contribution in [0.3, 0.4) is 0 Å². The number of hydrogen-bond acceptors (Lipinski definition) is 0. The van der Waals surface area contributed by atoms with Crippen molar-refractivity contribution >= 4 is 70.3 Å². The van der Waals surface area contributed by atoms with Gasteiger partial charge in [-0.15, -0.1) is 0 Å². The van der Waals surface area contributed by atoms with Gasteiger partial charge in [0.25, 0.3) is 0 Å². The summed E-state index contributed by atoms with van der Waals surface area (Å²) in [5.74, 6) is 0. The monoisotopic (exact) mass is 675 g/mol. The smallest absolute Gasteiger partial charge is 0.0565 e. The molecule has 1 heteroatoms. The van der Waals surface area contributed by atoms with Crippen LogP contribution in [0.1, 0.15) is 24.1 Å². The summed E-state index contributed by atoms with van der Waals surface area (Å²) in [6.07, 6.45) is 9.21. The molecule has 1 heterocycles. The van der Waals surface area contributed by atoms with Crippen LogP contribution in [0.5, 0.6) is 0 Å². The summed E-state index contributed by atoms with van der Waals surface area (Å²) in [6.45, 7) is 2.16. The van der Waals surface area contributed by atoms with Gasteiger partial charge in [0.05, 0.1) is 5.69 Å². The maximum atomic E-state index is 2.44. The predicted octanol–water partition coefficient (Wildman–Crippen LogP) is 14.4. The van der Waals surface area contributed by atoms with E-state index in [4.69, 9.17) is 0 Å². The topological polar surface area (TPSA) is 4.93 Å². The molecule has 10 aromatic rings. The van der Waals surface area contributed by atoms with Gasteiger partial charge in [0.2, 0.25) is 0 Å². The van der Waals surface area contributed by atoms with Crippen molar-refractivity contribution in [3.05, 3.63) is 175 Å². The zero-order valence-electron chi connectivity index (χ0n) is 29.9. The van der Waals surface area contributed by atoms with E-state index < -0.39 is 0 Å². The van der Waals surface area contributed by atoms with E-state index in [9.17, 15) is 0 Å².